The second-order valence-electron chi connectivity index (χ2n) is 9.23. The molecular weight excluding hydrogens is 428 g/mol. The average molecular weight is 461 g/mol. The first-order valence-electron chi connectivity index (χ1n) is 11.7. The summed E-state index contributed by atoms with van der Waals surface area (Å²) in [5.74, 6) is 1.25. The van der Waals surface area contributed by atoms with Crippen LogP contribution in [0.3, 0.4) is 0 Å². The van der Waals surface area contributed by atoms with Gasteiger partial charge in [-0.3, -0.25) is 9.59 Å². The number of benzene rings is 2. The number of ether oxygens (including phenoxy) is 1. The number of carbonyl (C=O) groups excluding carboxylic acids is 2. The molecule has 2 heterocycles. The normalized spacial score (nSPS) is 15.2. The molecule has 4 rings (SSSR count). The molecule has 0 radical (unpaired) electrons. The Morgan fingerprint density at radius 3 is 2.59 bits per heavy atom. The molecule has 1 atom stereocenters. The van der Waals surface area contributed by atoms with E-state index in [1.54, 1.807) is 24.3 Å². The largest absolute Gasteiger partial charge is 0.484 e. The molecule has 1 aromatic heterocycles. The van der Waals surface area contributed by atoms with Crippen molar-refractivity contribution in [3.8, 4) is 5.75 Å². The summed E-state index contributed by atoms with van der Waals surface area (Å²) >= 11 is 0. The zero-order chi connectivity index (χ0) is 24.2. The number of furan rings is 1. The smallest absolute Gasteiger partial charge is 0.260 e. The van der Waals surface area contributed by atoms with E-state index in [0.29, 0.717) is 18.8 Å². The molecule has 0 bridgehead atoms. The van der Waals surface area contributed by atoms with E-state index in [0.717, 1.165) is 23.3 Å². The fourth-order valence-corrected chi connectivity index (χ4v) is 4.34. The van der Waals surface area contributed by atoms with Crippen LogP contribution in [0.15, 0.2) is 65.3 Å². The van der Waals surface area contributed by atoms with Crippen molar-refractivity contribution in [1.82, 2.24) is 9.80 Å². The molecule has 2 amide bonds. The Labute approximate surface area is 201 Å². The molecule has 34 heavy (non-hydrogen) atoms. The lowest BCUT2D eigenvalue weighted by atomic mass is 9.87. The Bertz CT molecular complexity index is 1140. The van der Waals surface area contributed by atoms with E-state index < -0.39 is 0 Å². The Morgan fingerprint density at radius 2 is 1.91 bits per heavy atom. The summed E-state index contributed by atoms with van der Waals surface area (Å²) in [4.78, 5) is 29.2. The van der Waals surface area contributed by atoms with E-state index >= 15 is 0 Å². The first-order chi connectivity index (χ1) is 16.3. The second kappa shape index (κ2) is 10.2. The maximum atomic E-state index is 13.1. The van der Waals surface area contributed by atoms with Crippen LogP contribution in [0.5, 0.6) is 5.75 Å². The zero-order valence-electron chi connectivity index (χ0n) is 20.3. The number of rotatable bonds is 7. The first kappa shape index (κ1) is 23.6. The summed E-state index contributed by atoms with van der Waals surface area (Å²) in [6.45, 7) is 6.93. The van der Waals surface area contributed by atoms with E-state index in [-0.39, 0.29) is 30.4 Å². The van der Waals surface area contributed by atoms with Crippen molar-refractivity contribution >= 4 is 11.8 Å². The number of hydrogen-bond acceptors (Lipinski definition) is 4. The van der Waals surface area contributed by atoms with Crippen molar-refractivity contribution in [3.05, 3.63) is 88.9 Å². The number of likely N-dealkylation sites (N-methyl/N-ethyl adjacent to an activating group) is 1. The fourth-order valence-electron chi connectivity index (χ4n) is 4.34. The van der Waals surface area contributed by atoms with Gasteiger partial charge in [-0.15, -0.1) is 0 Å². The first-order valence-corrected chi connectivity index (χ1v) is 11.7. The van der Waals surface area contributed by atoms with Gasteiger partial charge in [0.15, 0.2) is 6.61 Å². The Hall–Kier alpha value is -3.54. The van der Waals surface area contributed by atoms with E-state index in [9.17, 15) is 9.59 Å². The minimum atomic E-state index is -0.180. The monoisotopic (exact) mass is 460 g/mol. The van der Waals surface area contributed by atoms with Crippen LogP contribution in [-0.2, 0) is 22.6 Å². The maximum Gasteiger partial charge on any atom is 0.260 e. The topological polar surface area (TPSA) is 63.0 Å². The van der Waals surface area contributed by atoms with E-state index in [1.807, 2.05) is 36.9 Å². The lowest BCUT2D eigenvalue weighted by molar-refractivity contribution is -0.136. The zero-order valence-corrected chi connectivity index (χ0v) is 20.3. The third kappa shape index (κ3) is 5.16. The van der Waals surface area contributed by atoms with Gasteiger partial charge in [-0.05, 0) is 54.3 Å². The summed E-state index contributed by atoms with van der Waals surface area (Å²) in [5, 5.41) is 0. The Balaban J connectivity index is 1.56. The molecule has 0 saturated heterocycles. The number of aryl methyl sites for hydroxylation is 1. The van der Waals surface area contributed by atoms with Gasteiger partial charge in [-0.25, -0.2) is 0 Å². The van der Waals surface area contributed by atoms with Gasteiger partial charge >= 0.3 is 0 Å². The second-order valence-corrected chi connectivity index (χ2v) is 9.23. The van der Waals surface area contributed by atoms with Crippen molar-refractivity contribution in [3.63, 3.8) is 0 Å². The average Bonchev–Trinajstić information content (AvgIpc) is 3.34. The van der Waals surface area contributed by atoms with E-state index in [2.05, 4.69) is 37.3 Å². The highest BCUT2D eigenvalue weighted by Gasteiger charge is 2.33. The van der Waals surface area contributed by atoms with Gasteiger partial charge in [0.2, 0.25) is 5.91 Å². The number of fused-ring (bicyclic) bond motifs is 1. The van der Waals surface area contributed by atoms with E-state index in [1.165, 1.54) is 11.1 Å². The minimum Gasteiger partial charge on any atom is -0.484 e. The Morgan fingerprint density at radius 1 is 1.15 bits per heavy atom. The third-order valence-corrected chi connectivity index (χ3v) is 6.28. The maximum absolute atomic E-state index is 13.1. The van der Waals surface area contributed by atoms with Gasteiger partial charge in [0.25, 0.3) is 5.91 Å². The molecule has 0 saturated carbocycles. The number of carbonyl (C=O) groups is 2. The standard InChI is InChI=1S/C28H32N2O4/c1-19(2)28(32)30-14-13-21-11-12-23(16-25(21)27(30)22-9-7-20(3)8-10-22)34-18-26(31)29(4)17-24-6-5-15-33-24/h5-12,15-16,19,27H,13-14,17-18H2,1-4H3. The van der Waals surface area contributed by atoms with Gasteiger partial charge in [0, 0.05) is 19.5 Å². The van der Waals surface area contributed by atoms with Gasteiger partial charge in [0.05, 0.1) is 18.8 Å². The van der Waals surface area contributed by atoms with Crippen LogP contribution in [0.2, 0.25) is 0 Å². The number of hydrogen-bond donors (Lipinski definition) is 0. The van der Waals surface area contributed by atoms with Crippen molar-refractivity contribution in [2.75, 3.05) is 20.2 Å². The predicted molar refractivity (Wildman–Crippen MR) is 130 cm³/mol. The van der Waals surface area contributed by atoms with Crippen molar-refractivity contribution < 1.29 is 18.7 Å². The highest BCUT2D eigenvalue weighted by Crippen LogP contribution is 2.38. The molecular formula is C28H32N2O4. The molecule has 1 unspecified atom stereocenters. The SMILES string of the molecule is Cc1ccc(C2c3cc(OCC(=O)N(C)Cc4ccco4)ccc3CCN2C(=O)C(C)C)cc1. The molecule has 0 N–H and O–H groups in total. The lowest BCUT2D eigenvalue weighted by Gasteiger charge is -2.39. The minimum absolute atomic E-state index is 0.0696. The van der Waals surface area contributed by atoms with Crippen LogP contribution in [0, 0.1) is 12.8 Å². The van der Waals surface area contributed by atoms with Crippen LogP contribution in [-0.4, -0.2) is 41.8 Å². The summed E-state index contributed by atoms with van der Waals surface area (Å²) in [5.41, 5.74) is 4.51. The molecule has 178 valence electrons. The molecule has 0 fully saturated rings. The van der Waals surface area contributed by atoms with Crippen LogP contribution in [0.25, 0.3) is 0 Å². The molecule has 0 spiro atoms. The predicted octanol–water partition coefficient (Wildman–Crippen LogP) is 4.76. The molecule has 6 heteroatoms. The van der Waals surface area contributed by atoms with Crippen molar-refractivity contribution in [2.45, 2.75) is 39.8 Å². The van der Waals surface area contributed by atoms with Gasteiger partial charge in [-0.2, -0.15) is 0 Å². The summed E-state index contributed by atoms with van der Waals surface area (Å²) in [6.07, 6.45) is 2.39. The molecule has 1 aliphatic rings. The van der Waals surface area contributed by atoms with Crippen LogP contribution >= 0.6 is 0 Å². The molecule has 1 aliphatic heterocycles. The van der Waals surface area contributed by atoms with Gasteiger partial charge in [-0.1, -0.05) is 49.7 Å². The fraction of sp³-hybridized carbons (Fsp3) is 0.357. The van der Waals surface area contributed by atoms with Crippen molar-refractivity contribution in [2.24, 2.45) is 5.92 Å². The summed E-state index contributed by atoms with van der Waals surface area (Å²) in [6, 6.07) is 17.8. The molecule has 2 aromatic carbocycles. The van der Waals surface area contributed by atoms with Crippen LogP contribution < -0.4 is 4.74 Å². The summed E-state index contributed by atoms with van der Waals surface area (Å²) in [7, 11) is 1.73. The highest BCUT2D eigenvalue weighted by atomic mass is 16.5. The molecule has 3 aromatic rings. The summed E-state index contributed by atoms with van der Waals surface area (Å²) < 4.78 is 11.2. The van der Waals surface area contributed by atoms with Gasteiger partial charge in [0.1, 0.15) is 11.5 Å². The van der Waals surface area contributed by atoms with Crippen molar-refractivity contribution in [1.29, 1.82) is 0 Å². The Kier molecular flexibility index (Phi) is 7.06. The lowest BCUT2D eigenvalue weighted by Crippen LogP contribution is -2.42. The van der Waals surface area contributed by atoms with Crippen LogP contribution in [0.4, 0.5) is 0 Å². The van der Waals surface area contributed by atoms with Gasteiger partial charge < -0.3 is 19.0 Å². The van der Waals surface area contributed by atoms with Crippen LogP contribution in [0.1, 0.15) is 47.9 Å². The molecule has 0 aliphatic carbocycles. The third-order valence-electron chi connectivity index (χ3n) is 6.28. The quantitative estimate of drug-likeness (QED) is 0.510. The number of nitrogens with zero attached hydrogens (tertiary/aromatic N) is 2. The number of amides is 2. The highest BCUT2D eigenvalue weighted by molar-refractivity contribution is 5.80. The molecule has 6 nitrogen and oxygen atoms in total. The van der Waals surface area contributed by atoms with E-state index in [4.69, 9.17) is 9.15 Å².